The van der Waals surface area contributed by atoms with Crippen molar-refractivity contribution in [3.05, 3.63) is 101 Å². The van der Waals surface area contributed by atoms with Gasteiger partial charge in [-0.15, -0.1) is 0 Å². The minimum Gasteiger partial charge on any atom is -0.497 e. The molecule has 2 heterocycles. The van der Waals surface area contributed by atoms with E-state index in [1.54, 1.807) is 42.3 Å². The molecule has 1 aliphatic rings. The summed E-state index contributed by atoms with van der Waals surface area (Å²) in [7, 11) is 1.57. The molecule has 0 aliphatic carbocycles. The molecular weight excluding hydrogens is 552 g/mol. The highest BCUT2D eigenvalue weighted by Gasteiger charge is 2.32. The average molecular weight is 585 g/mol. The Labute approximate surface area is 249 Å². The van der Waals surface area contributed by atoms with Gasteiger partial charge < -0.3 is 24.4 Å². The quantitative estimate of drug-likeness (QED) is 0.189. The summed E-state index contributed by atoms with van der Waals surface area (Å²) in [5.74, 6) is 1.16. The zero-order valence-corrected chi connectivity index (χ0v) is 24.7. The maximum Gasteiger partial charge on any atom is 0.251 e. The molecule has 1 N–H and O–H groups in total. The first-order valence-corrected chi connectivity index (χ1v) is 14.4. The number of anilines is 1. The van der Waals surface area contributed by atoms with Crippen LogP contribution < -0.4 is 19.5 Å². The zero-order chi connectivity index (χ0) is 29.6. The fraction of sp³-hybridized carbons (Fsp3) is 0.250. The van der Waals surface area contributed by atoms with E-state index in [0.29, 0.717) is 33.7 Å². The minimum absolute atomic E-state index is 0.0481. The van der Waals surface area contributed by atoms with Gasteiger partial charge in [-0.25, -0.2) is 9.97 Å². The van der Waals surface area contributed by atoms with Gasteiger partial charge in [0.15, 0.2) is 16.7 Å². The Hall–Kier alpha value is -4.57. The highest BCUT2D eigenvalue weighted by Crippen LogP contribution is 2.35. The first-order valence-electron chi connectivity index (χ1n) is 13.4. The number of amides is 2. The molecule has 0 radical (unpaired) electrons. The number of nitrogens with zero attached hydrogens (tertiary/aromatic N) is 3. The predicted octanol–water partition coefficient (Wildman–Crippen LogP) is 5.64. The van der Waals surface area contributed by atoms with Gasteiger partial charge in [0.25, 0.3) is 5.91 Å². The lowest BCUT2D eigenvalue weighted by molar-refractivity contribution is -0.137. The second kappa shape index (κ2) is 12.9. The van der Waals surface area contributed by atoms with Crippen LogP contribution in [0.1, 0.15) is 34.1 Å². The lowest BCUT2D eigenvalue weighted by atomic mass is 10.0. The second-order valence-electron chi connectivity index (χ2n) is 9.97. The van der Waals surface area contributed by atoms with Crippen LogP contribution in [0.5, 0.6) is 17.2 Å². The Balaban J connectivity index is 1.50. The smallest absolute Gasteiger partial charge is 0.251 e. The van der Waals surface area contributed by atoms with Gasteiger partial charge in [0.1, 0.15) is 11.8 Å². The third kappa shape index (κ3) is 7.01. The van der Waals surface area contributed by atoms with Gasteiger partial charge in [0.2, 0.25) is 12.7 Å². The summed E-state index contributed by atoms with van der Waals surface area (Å²) in [6, 6.07) is 21.2. The number of thioether (sulfide) groups is 1. The van der Waals surface area contributed by atoms with Crippen LogP contribution in [-0.2, 0) is 16.1 Å². The number of fused-ring (bicyclic) bond motifs is 1. The van der Waals surface area contributed by atoms with E-state index >= 15 is 0 Å². The summed E-state index contributed by atoms with van der Waals surface area (Å²) < 4.78 is 16.4. The van der Waals surface area contributed by atoms with Gasteiger partial charge >= 0.3 is 0 Å². The van der Waals surface area contributed by atoms with Gasteiger partial charge in [-0.3, -0.25) is 9.59 Å². The Morgan fingerprint density at radius 3 is 2.43 bits per heavy atom. The largest absolute Gasteiger partial charge is 0.497 e. The SMILES string of the molecule is COc1cccc(C(C(=O)Nc2ccc3c(c2)OCO3)N(Cc2ccc(C)cc2)C(=O)CSc2nc(C)cc(C)n2)c1. The van der Waals surface area contributed by atoms with Crippen LogP contribution in [0.3, 0.4) is 0 Å². The Bertz CT molecular complexity index is 1570. The molecule has 9 nitrogen and oxygen atoms in total. The molecule has 42 heavy (non-hydrogen) atoms. The molecule has 0 saturated heterocycles. The van der Waals surface area contributed by atoms with Crippen molar-refractivity contribution in [2.45, 2.75) is 38.5 Å². The van der Waals surface area contributed by atoms with Crippen LogP contribution in [0.25, 0.3) is 0 Å². The second-order valence-corrected chi connectivity index (χ2v) is 10.9. The van der Waals surface area contributed by atoms with E-state index in [1.165, 1.54) is 11.8 Å². The summed E-state index contributed by atoms with van der Waals surface area (Å²) >= 11 is 1.25. The first-order chi connectivity index (χ1) is 20.3. The van der Waals surface area contributed by atoms with Crippen LogP contribution in [0.4, 0.5) is 5.69 Å². The van der Waals surface area contributed by atoms with Crippen molar-refractivity contribution in [1.82, 2.24) is 14.9 Å². The van der Waals surface area contributed by atoms with E-state index < -0.39 is 6.04 Å². The number of benzene rings is 3. The normalized spacial score (nSPS) is 12.5. The molecule has 0 spiro atoms. The molecule has 3 aromatic carbocycles. The molecule has 1 unspecified atom stereocenters. The Kier molecular flexibility index (Phi) is 8.92. The minimum atomic E-state index is -0.972. The number of rotatable bonds is 10. The topological polar surface area (TPSA) is 103 Å². The van der Waals surface area contributed by atoms with Gasteiger partial charge in [0.05, 0.1) is 12.9 Å². The third-order valence-electron chi connectivity index (χ3n) is 6.69. The number of hydrogen-bond donors (Lipinski definition) is 1. The molecule has 0 bridgehead atoms. The van der Waals surface area contributed by atoms with E-state index in [0.717, 1.165) is 22.5 Å². The van der Waals surface area contributed by atoms with Gasteiger partial charge in [-0.2, -0.15) is 0 Å². The summed E-state index contributed by atoms with van der Waals surface area (Å²) in [6.45, 7) is 6.13. The third-order valence-corrected chi connectivity index (χ3v) is 7.52. The van der Waals surface area contributed by atoms with Crippen LogP contribution in [0.2, 0.25) is 0 Å². The van der Waals surface area contributed by atoms with Crippen molar-refractivity contribution in [2.75, 3.05) is 25.0 Å². The fourth-order valence-corrected chi connectivity index (χ4v) is 5.49. The average Bonchev–Trinajstić information content (AvgIpc) is 3.44. The van der Waals surface area contributed by atoms with Crippen molar-refractivity contribution in [2.24, 2.45) is 0 Å². The molecule has 0 fully saturated rings. The molecule has 2 amide bonds. The maximum atomic E-state index is 14.1. The molecule has 1 aromatic heterocycles. The van der Waals surface area contributed by atoms with Crippen LogP contribution in [0.15, 0.2) is 78.0 Å². The number of hydrogen-bond acceptors (Lipinski definition) is 8. The summed E-state index contributed by atoms with van der Waals surface area (Å²) in [5.41, 5.74) is 4.78. The fourth-order valence-electron chi connectivity index (χ4n) is 4.65. The van der Waals surface area contributed by atoms with Gasteiger partial charge in [-0.1, -0.05) is 53.7 Å². The molecule has 1 atom stereocenters. The number of ether oxygens (including phenoxy) is 3. The van der Waals surface area contributed by atoms with Crippen LogP contribution >= 0.6 is 11.8 Å². The van der Waals surface area contributed by atoms with Crippen molar-refractivity contribution < 1.29 is 23.8 Å². The molecule has 0 saturated carbocycles. The number of carbonyl (C=O) groups excluding carboxylic acids is 2. The van der Waals surface area contributed by atoms with Crippen molar-refractivity contribution in [3.63, 3.8) is 0 Å². The molecule has 10 heteroatoms. The van der Waals surface area contributed by atoms with Crippen molar-refractivity contribution in [3.8, 4) is 17.2 Å². The highest BCUT2D eigenvalue weighted by molar-refractivity contribution is 7.99. The number of aryl methyl sites for hydroxylation is 3. The van der Waals surface area contributed by atoms with Crippen LogP contribution in [-0.4, -0.2) is 46.3 Å². The first kappa shape index (κ1) is 28.9. The molecule has 4 aromatic rings. The number of carbonyl (C=O) groups is 2. The van der Waals surface area contributed by atoms with E-state index in [2.05, 4.69) is 15.3 Å². The molecule has 216 valence electrons. The van der Waals surface area contributed by atoms with E-state index in [4.69, 9.17) is 14.2 Å². The standard InChI is InChI=1S/C32H32N4O5S/c1-20-8-10-23(11-9-20)17-36(29(37)18-42-32-33-21(2)14-22(3)34-32)30(24-6-5-7-26(15-24)39-4)31(38)35-25-12-13-27-28(16-25)41-19-40-27/h5-16,30H,17-19H2,1-4H3,(H,35,38). The van der Waals surface area contributed by atoms with E-state index in [1.807, 2.05) is 63.2 Å². The van der Waals surface area contributed by atoms with E-state index in [9.17, 15) is 9.59 Å². The van der Waals surface area contributed by atoms with Gasteiger partial charge in [-0.05, 0) is 62.2 Å². The summed E-state index contributed by atoms with van der Waals surface area (Å²) in [6.07, 6.45) is 0. The number of nitrogens with one attached hydrogen (secondary N) is 1. The van der Waals surface area contributed by atoms with Gasteiger partial charge in [0, 0.05) is 29.7 Å². The Morgan fingerprint density at radius 1 is 0.952 bits per heavy atom. The lowest BCUT2D eigenvalue weighted by Gasteiger charge is -2.32. The number of aromatic nitrogens is 2. The monoisotopic (exact) mass is 584 g/mol. The van der Waals surface area contributed by atoms with E-state index in [-0.39, 0.29) is 30.9 Å². The molecule has 5 rings (SSSR count). The maximum absolute atomic E-state index is 14.1. The highest BCUT2D eigenvalue weighted by atomic mass is 32.2. The lowest BCUT2D eigenvalue weighted by Crippen LogP contribution is -2.41. The predicted molar refractivity (Wildman–Crippen MR) is 161 cm³/mol. The van der Waals surface area contributed by atoms with Crippen LogP contribution in [0, 0.1) is 20.8 Å². The number of methoxy groups -OCH3 is 1. The van der Waals surface area contributed by atoms with Crippen molar-refractivity contribution >= 4 is 29.3 Å². The molecule has 1 aliphatic heterocycles. The summed E-state index contributed by atoms with van der Waals surface area (Å²) in [4.78, 5) is 38.7. The van der Waals surface area contributed by atoms with Crippen molar-refractivity contribution in [1.29, 1.82) is 0 Å². The Morgan fingerprint density at radius 2 is 1.69 bits per heavy atom. The molecular formula is C32H32N4O5S. The zero-order valence-electron chi connectivity index (χ0n) is 23.9. The summed E-state index contributed by atoms with van der Waals surface area (Å²) in [5, 5.41) is 3.50.